The maximum absolute atomic E-state index is 12.1. The van der Waals surface area contributed by atoms with Crippen LogP contribution in [0.5, 0.6) is 5.75 Å². The summed E-state index contributed by atoms with van der Waals surface area (Å²) < 4.78 is 5.59. The first-order valence-electron chi connectivity index (χ1n) is 7.23. The highest BCUT2D eigenvalue weighted by Crippen LogP contribution is 2.27. The number of carbonyl (C=O) groups excluding carboxylic acids is 1. The molecule has 0 bridgehead atoms. The van der Waals surface area contributed by atoms with Crippen molar-refractivity contribution in [1.29, 1.82) is 0 Å². The van der Waals surface area contributed by atoms with E-state index in [4.69, 9.17) is 4.74 Å². The average Bonchev–Trinajstić information content (AvgIpc) is 2.56. The zero-order chi connectivity index (χ0) is 15.8. The molecule has 0 aliphatic rings. The van der Waals surface area contributed by atoms with Gasteiger partial charge >= 0.3 is 0 Å². The molecule has 0 aliphatic carbocycles. The molecule has 2 rings (SSSR count). The number of nitrogens with zero attached hydrogens (tertiary/aromatic N) is 2. The number of ether oxygens (including phenoxy) is 1. The van der Waals surface area contributed by atoms with Gasteiger partial charge in [0.2, 0.25) is 0 Å². The normalized spacial score (nSPS) is 10.3. The van der Waals surface area contributed by atoms with Crippen LogP contribution in [-0.4, -0.2) is 42.6 Å². The van der Waals surface area contributed by atoms with Crippen molar-refractivity contribution < 1.29 is 9.53 Å². The summed E-state index contributed by atoms with van der Waals surface area (Å²) in [5, 5.41) is 5.78. The van der Waals surface area contributed by atoms with E-state index in [0.29, 0.717) is 36.8 Å². The molecule has 2 N–H and O–H groups in total. The standard InChI is InChI=1S/C16H20N4O2/c1-3-22-14-7-6-13(16(21)19-10-9-17-2)20-15(14)12-5-4-8-18-11-12/h4-8,11,17H,3,9-10H2,1-2H3,(H,19,21). The predicted octanol–water partition coefficient (Wildman–Crippen LogP) is 1.49. The maximum Gasteiger partial charge on any atom is 0.269 e. The zero-order valence-corrected chi connectivity index (χ0v) is 12.8. The fourth-order valence-electron chi connectivity index (χ4n) is 1.95. The first-order valence-corrected chi connectivity index (χ1v) is 7.23. The summed E-state index contributed by atoms with van der Waals surface area (Å²) in [6.07, 6.45) is 3.39. The van der Waals surface area contributed by atoms with Gasteiger partial charge in [0.15, 0.2) is 0 Å². The minimum absolute atomic E-state index is 0.205. The van der Waals surface area contributed by atoms with Gasteiger partial charge in [-0.1, -0.05) is 0 Å². The Labute approximate surface area is 129 Å². The number of hydrogen-bond acceptors (Lipinski definition) is 5. The summed E-state index contributed by atoms with van der Waals surface area (Å²) in [6, 6.07) is 7.15. The number of likely N-dealkylation sites (N-methyl/N-ethyl adjacent to an activating group) is 1. The van der Waals surface area contributed by atoms with Gasteiger partial charge in [-0.05, 0) is 38.2 Å². The van der Waals surface area contributed by atoms with E-state index in [-0.39, 0.29) is 5.91 Å². The van der Waals surface area contributed by atoms with E-state index in [0.717, 1.165) is 5.56 Å². The largest absolute Gasteiger partial charge is 0.492 e. The van der Waals surface area contributed by atoms with Crippen molar-refractivity contribution in [2.45, 2.75) is 6.92 Å². The van der Waals surface area contributed by atoms with Crippen LogP contribution in [0.2, 0.25) is 0 Å². The number of aromatic nitrogens is 2. The molecule has 0 radical (unpaired) electrons. The van der Waals surface area contributed by atoms with Gasteiger partial charge in [0.25, 0.3) is 5.91 Å². The summed E-state index contributed by atoms with van der Waals surface area (Å²) in [6.45, 7) is 3.69. The van der Waals surface area contributed by atoms with Crippen LogP contribution in [0.25, 0.3) is 11.3 Å². The monoisotopic (exact) mass is 300 g/mol. The van der Waals surface area contributed by atoms with Crippen LogP contribution in [-0.2, 0) is 0 Å². The molecule has 0 saturated heterocycles. The summed E-state index contributed by atoms with van der Waals surface area (Å²) in [5.74, 6) is 0.436. The van der Waals surface area contributed by atoms with Crippen LogP contribution < -0.4 is 15.4 Å². The lowest BCUT2D eigenvalue weighted by Gasteiger charge is -2.11. The van der Waals surface area contributed by atoms with Gasteiger partial charge < -0.3 is 15.4 Å². The third-order valence-electron chi connectivity index (χ3n) is 2.99. The van der Waals surface area contributed by atoms with Gasteiger partial charge in [-0.25, -0.2) is 4.98 Å². The molecule has 6 nitrogen and oxygen atoms in total. The molecule has 1 amide bonds. The predicted molar refractivity (Wildman–Crippen MR) is 84.9 cm³/mol. The van der Waals surface area contributed by atoms with Crippen molar-refractivity contribution in [2.24, 2.45) is 0 Å². The van der Waals surface area contributed by atoms with Crippen LogP contribution in [0, 0.1) is 0 Å². The van der Waals surface area contributed by atoms with Crippen molar-refractivity contribution in [3.8, 4) is 17.0 Å². The molecule has 0 aromatic carbocycles. The molecule has 0 aliphatic heterocycles. The lowest BCUT2D eigenvalue weighted by molar-refractivity contribution is 0.0949. The van der Waals surface area contributed by atoms with Crippen LogP contribution in [0.4, 0.5) is 0 Å². The Balaban J connectivity index is 2.29. The minimum Gasteiger partial charge on any atom is -0.492 e. The topological polar surface area (TPSA) is 76.1 Å². The highest BCUT2D eigenvalue weighted by molar-refractivity contribution is 5.93. The van der Waals surface area contributed by atoms with Crippen LogP contribution in [0.15, 0.2) is 36.7 Å². The van der Waals surface area contributed by atoms with E-state index in [2.05, 4.69) is 20.6 Å². The van der Waals surface area contributed by atoms with Crippen LogP contribution in [0.1, 0.15) is 17.4 Å². The fraction of sp³-hybridized carbons (Fsp3) is 0.312. The Hall–Kier alpha value is -2.47. The molecule has 0 atom stereocenters. The zero-order valence-electron chi connectivity index (χ0n) is 12.8. The van der Waals surface area contributed by atoms with E-state index in [1.54, 1.807) is 24.5 Å². The number of amides is 1. The minimum atomic E-state index is -0.205. The van der Waals surface area contributed by atoms with Gasteiger partial charge in [-0.2, -0.15) is 0 Å². The summed E-state index contributed by atoms with van der Waals surface area (Å²) in [7, 11) is 1.84. The number of carbonyl (C=O) groups is 1. The Bertz CT molecular complexity index is 617. The Kier molecular flexibility index (Phi) is 5.85. The highest BCUT2D eigenvalue weighted by Gasteiger charge is 2.13. The Morgan fingerprint density at radius 1 is 1.27 bits per heavy atom. The van der Waals surface area contributed by atoms with E-state index in [1.807, 2.05) is 26.1 Å². The third kappa shape index (κ3) is 4.02. The van der Waals surface area contributed by atoms with E-state index in [1.165, 1.54) is 0 Å². The molecule has 6 heteroatoms. The Morgan fingerprint density at radius 3 is 2.82 bits per heavy atom. The van der Waals surface area contributed by atoms with E-state index >= 15 is 0 Å². The van der Waals surface area contributed by atoms with Crippen molar-refractivity contribution >= 4 is 5.91 Å². The van der Waals surface area contributed by atoms with Gasteiger partial charge in [0.05, 0.1) is 6.61 Å². The van der Waals surface area contributed by atoms with Gasteiger partial charge in [-0.3, -0.25) is 9.78 Å². The molecule has 22 heavy (non-hydrogen) atoms. The molecule has 116 valence electrons. The molecule has 2 aromatic heterocycles. The molecule has 0 saturated carbocycles. The fourth-order valence-corrected chi connectivity index (χ4v) is 1.95. The van der Waals surface area contributed by atoms with Crippen molar-refractivity contribution in [2.75, 3.05) is 26.7 Å². The summed E-state index contributed by atoms with van der Waals surface area (Å²) >= 11 is 0. The average molecular weight is 300 g/mol. The third-order valence-corrected chi connectivity index (χ3v) is 2.99. The molecule has 2 heterocycles. The first kappa shape index (κ1) is 15.9. The molecular weight excluding hydrogens is 280 g/mol. The van der Waals surface area contributed by atoms with Gasteiger partial charge in [-0.15, -0.1) is 0 Å². The van der Waals surface area contributed by atoms with Crippen LogP contribution in [0.3, 0.4) is 0 Å². The highest BCUT2D eigenvalue weighted by atomic mass is 16.5. The lowest BCUT2D eigenvalue weighted by Crippen LogP contribution is -2.31. The van der Waals surface area contributed by atoms with Crippen molar-refractivity contribution in [1.82, 2.24) is 20.6 Å². The number of pyridine rings is 2. The van der Waals surface area contributed by atoms with Crippen molar-refractivity contribution in [3.05, 3.63) is 42.4 Å². The molecule has 0 unspecified atom stereocenters. The van der Waals surface area contributed by atoms with E-state index < -0.39 is 0 Å². The number of hydrogen-bond donors (Lipinski definition) is 2. The maximum atomic E-state index is 12.1. The van der Waals surface area contributed by atoms with Crippen molar-refractivity contribution in [3.63, 3.8) is 0 Å². The molecule has 0 fully saturated rings. The quantitative estimate of drug-likeness (QED) is 0.758. The second-order valence-electron chi connectivity index (χ2n) is 4.58. The molecular formula is C16H20N4O2. The van der Waals surface area contributed by atoms with Gasteiger partial charge in [0.1, 0.15) is 17.1 Å². The summed E-state index contributed by atoms with van der Waals surface area (Å²) in [4.78, 5) is 20.7. The second kappa shape index (κ2) is 8.09. The van der Waals surface area contributed by atoms with Crippen LogP contribution >= 0.6 is 0 Å². The summed E-state index contributed by atoms with van der Waals surface area (Å²) in [5.41, 5.74) is 1.80. The number of nitrogens with one attached hydrogen (secondary N) is 2. The van der Waals surface area contributed by atoms with E-state index in [9.17, 15) is 4.79 Å². The second-order valence-corrected chi connectivity index (χ2v) is 4.58. The lowest BCUT2D eigenvalue weighted by atomic mass is 10.1. The molecule has 2 aromatic rings. The molecule has 0 spiro atoms. The SMILES string of the molecule is CCOc1ccc(C(=O)NCCNC)nc1-c1cccnc1. The van der Waals surface area contributed by atoms with Gasteiger partial charge in [0, 0.05) is 31.0 Å². The smallest absolute Gasteiger partial charge is 0.269 e. The first-order chi connectivity index (χ1) is 10.8. The number of rotatable bonds is 7. The Morgan fingerprint density at radius 2 is 2.14 bits per heavy atom.